The first-order chi connectivity index (χ1) is 42.2. The third-order valence-corrected chi connectivity index (χ3v) is 17.6. The van der Waals surface area contributed by atoms with Gasteiger partial charge in [-0.2, -0.15) is 0 Å². The third kappa shape index (κ3) is 13.8. The molecule has 89 heavy (non-hydrogen) atoms. The molecule has 23 heteroatoms. The summed E-state index contributed by atoms with van der Waals surface area (Å²) < 4.78 is 37.1. The highest BCUT2D eigenvalue weighted by molar-refractivity contribution is 5.97. The molecule has 474 valence electrons. The van der Waals surface area contributed by atoms with E-state index >= 15 is 9.59 Å². The quantitative estimate of drug-likeness (QED) is 0.0336. The Bertz CT molecular complexity index is 3350. The van der Waals surface area contributed by atoms with Gasteiger partial charge < -0.3 is 65.6 Å². The normalized spacial score (nSPS) is 26.2. The van der Waals surface area contributed by atoms with Crippen LogP contribution in [0.25, 0.3) is 0 Å². The van der Waals surface area contributed by atoms with Crippen molar-refractivity contribution in [2.24, 2.45) is 28.4 Å². The summed E-state index contributed by atoms with van der Waals surface area (Å²) in [6.45, 7) is 9.84. The minimum absolute atomic E-state index is 0.00170. The second-order valence-corrected chi connectivity index (χ2v) is 24.2. The molecule has 3 aliphatic carbocycles. The fraction of sp³-hybridized carbons (Fsp3) is 0.455. The topological polar surface area (TPSA) is 341 Å². The van der Waals surface area contributed by atoms with Crippen molar-refractivity contribution in [1.29, 1.82) is 0 Å². The van der Waals surface area contributed by atoms with E-state index in [0.717, 1.165) is 13.8 Å². The summed E-state index contributed by atoms with van der Waals surface area (Å²) in [5, 5.41) is 37.0. The predicted molar refractivity (Wildman–Crippen MR) is 317 cm³/mol. The fourth-order valence-electron chi connectivity index (χ4n) is 13.0. The summed E-state index contributed by atoms with van der Waals surface area (Å²) in [4.78, 5) is 142. The van der Waals surface area contributed by atoms with Crippen molar-refractivity contribution >= 4 is 59.3 Å². The molecule has 4 aromatic rings. The third-order valence-electron chi connectivity index (χ3n) is 17.6. The molecule has 0 spiro atoms. The number of aliphatic hydroxyl groups is 2. The molecule has 2 bridgehead atoms. The van der Waals surface area contributed by atoms with Gasteiger partial charge in [0.2, 0.25) is 23.8 Å². The van der Waals surface area contributed by atoms with Crippen LogP contribution in [0.1, 0.15) is 113 Å². The molecule has 0 radical (unpaired) electrons. The Labute approximate surface area is 515 Å². The summed E-state index contributed by atoms with van der Waals surface area (Å²) >= 11 is 0. The lowest BCUT2D eigenvalue weighted by Crippen LogP contribution is -2.82. The number of hydrogen-bond acceptors (Lipinski definition) is 19. The summed E-state index contributed by atoms with van der Waals surface area (Å²) in [5.74, 6) is -11.2. The van der Waals surface area contributed by atoms with Crippen molar-refractivity contribution in [3.63, 3.8) is 0 Å². The van der Waals surface area contributed by atoms with Crippen LogP contribution < -0.4 is 27.0 Å². The molecule has 3 fully saturated rings. The zero-order valence-corrected chi connectivity index (χ0v) is 50.9. The van der Waals surface area contributed by atoms with Crippen molar-refractivity contribution in [3.8, 4) is 0 Å². The molecule has 4 aromatic carbocycles. The van der Waals surface area contributed by atoms with Crippen LogP contribution in [0.15, 0.2) is 132 Å². The zero-order valence-electron chi connectivity index (χ0n) is 50.9. The number of carbonyl (C=O) groups is 10. The lowest BCUT2D eigenvalue weighted by molar-refractivity contribution is -0.346. The largest absolute Gasteiger partial charge is 0.455 e. The number of esters is 5. The second-order valence-electron chi connectivity index (χ2n) is 24.2. The zero-order chi connectivity index (χ0) is 64.8. The van der Waals surface area contributed by atoms with Gasteiger partial charge >= 0.3 is 29.8 Å². The molecular weight excluding hydrogens is 1150 g/mol. The second kappa shape index (κ2) is 27.4. The Morgan fingerprint density at radius 1 is 0.742 bits per heavy atom. The lowest BCUT2D eigenvalue weighted by atomic mass is 9.44. The molecule has 2 saturated carbocycles. The van der Waals surface area contributed by atoms with Crippen LogP contribution in [-0.2, 0) is 73.2 Å². The van der Waals surface area contributed by atoms with E-state index in [1.807, 2.05) is 0 Å². The molecule has 8 N–H and O–H groups in total. The van der Waals surface area contributed by atoms with Crippen LogP contribution in [0.2, 0.25) is 0 Å². The molecule has 1 aliphatic heterocycles. The van der Waals surface area contributed by atoms with Gasteiger partial charge in [-0.15, -0.1) is 0 Å². The van der Waals surface area contributed by atoms with E-state index < -0.39 is 168 Å². The van der Waals surface area contributed by atoms with Gasteiger partial charge in [0.25, 0.3) is 5.91 Å². The summed E-state index contributed by atoms with van der Waals surface area (Å²) in [5.41, 5.74) is -1.89. The van der Waals surface area contributed by atoms with Crippen molar-refractivity contribution in [3.05, 3.63) is 155 Å². The van der Waals surface area contributed by atoms with Crippen LogP contribution >= 0.6 is 0 Å². The first-order valence-corrected chi connectivity index (χ1v) is 29.5. The van der Waals surface area contributed by atoms with E-state index in [1.54, 1.807) is 98.8 Å². The monoisotopic (exact) mass is 1230 g/mol. The average molecular weight is 1230 g/mol. The minimum Gasteiger partial charge on any atom is -0.455 e. The van der Waals surface area contributed by atoms with Gasteiger partial charge in [-0.3, -0.25) is 38.4 Å². The number of ketones is 1. The maximum Gasteiger partial charge on any atom is 0.350 e. The predicted octanol–water partition coefficient (Wildman–Crippen LogP) is 3.62. The number of aliphatic hydroxyl groups excluding tert-OH is 1. The first kappa shape index (κ1) is 66.3. The standard InChI is InChI=1S/C66H77N5O18/c1-36(2)29-44(70-60(80)45(69-49(75)33-67)30-40-21-13-9-14-22-40)59(79)68-34-50(76)87-54(52(41-23-15-10-16-24-41)71-58(78)42-25-17-11-18-26-42)62(82)86-46-32-66(83)57(88-61(81)43-27-19-12-20-28-43)55-64(8,47(74)31-48-65(55,35-84-48)89-39(5)73)56(77)53(85-38(4)72)51(37(46)3)63(66,6)7/h9-28,36,44-48,52-55,57,74,83H,29-35,67H2,1-8H3,(H,68,79)(H,69,75)(H,70,80)(H,71,78)/t44-,45-,46-,47-,48+,52-,53+,54+,55?,57-,64+,65-,66+/m0/s1. The lowest BCUT2D eigenvalue weighted by Gasteiger charge is -2.67. The molecule has 1 unspecified atom stereocenters. The van der Waals surface area contributed by atoms with Gasteiger partial charge in [-0.1, -0.05) is 125 Å². The van der Waals surface area contributed by atoms with Crippen molar-refractivity contribution < 1.29 is 86.6 Å². The first-order valence-electron chi connectivity index (χ1n) is 29.5. The number of fused-ring (bicyclic) bond motifs is 5. The van der Waals surface area contributed by atoms with E-state index in [0.29, 0.717) is 5.56 Å². The number of nitrogens with two attached hydrogens (primary N) is 1. The van der Waals surface area contributed by atoms with Gasteiger partial charge in [-0.05, 0) is 72.7 Å². The van der Waals surface area contributed by atoms with Gasteiger partial charge in [0.1, 0.15) is 48.6 Å². The van der Waals surface area contributed by atoms with Crippen LogP contribution in [-0.4, -0.2) is 149 Å². The number of rotatable bonds is 22. The van der Waals surface area contributed by atoms with Gasteiger partial charge in [0, 0.05) is 44.1 Å². The summed E-state index contributed by atoms with van der Waals surface area (Å²) in [6.07, 6.45) is -11.5. The number of Topliss-reactive ketones (excluding diaryl/α,β-unsaturated/α-hetero) is 1. The van der Waals surface area contributed by atoms with Crippen LogP contribution in [0.4, 0.5) is 0 Å². The van der Waals surface area contributed by atoms with Gasteiger partial charge in [0.15, 0.2) is 17.5 Å². The number of benzene rings is 4. The Morgan fingerprint density at radius 2 is 1.34 bits per heavy atom. The highest BCUT2D eigenvalue weighted by Crippen LogP contribution is 2.64. The molecule has 4 amide bonds. The van der Waals surface area contributed by atoms with Crippen LogP contribution in [0.3, 0.4) is 0 Å². The van der Waals surface area contributed by atoms with Crippen molar-refractivity contribution in [2.45, 2.75) is 147 Å². The average Bonchev–Trinajstić information content (AvgIpc) is 0.671. The van der Waals surface area contributed by atoms with Crippen molar-refractivity contribution in [2.75, 3.05) is 19.7 Å². The maximum atomic E-state index is 15.9. The van der Waals surface area contributed by atoms with E-state index in [2.05, 4.69) is 21.3 Å². The molecule has 0 aromatic heterocycles. The van der Waals surface area contributed by atoms with Gasteiger partial charge in [0.05, 0.1) is 36.2 Å². The Morgan fingerprint density at radius 3 is 1.90 bits per heavy atom. The molecule has 23 nitrogen and oxygen atoms in total. The summed E-state index contributed by atoms with van der Waals surface area (Å²) in [7, 11) is 0. The number of amides is 4. The molecule has 1 saturated heterocycles. The Balaban J connectivity index is 1.20. The van der Waals surface area contributed by atoms with Crippen LogP contribution in [0, 0.1) is 22.7 Å². The van der Waals surface area contributed by atoms with Crippen molar-refractivity contribution in [1.82, 2.24) is 21.3 Å². The molecule has 8 rings (SSSR count). The SMILES string of the molecule is CC(=O)O[C@H]1C(=O)[C@@]2(C)C([C@H](OC(=O)c3ccccc3)[C@]3(O)C[C@H](OC(=O)[C@H](OC(=O)CNC(=O)[C@H](CC(C)C)NC(=O)[C@H](Cc4ccccc4)NC(=O)CN)[C@@H](NC(=O)c4ccccc4)c4ccccc4)C(C)=C1C3(C)C)[C@]1(OC(C)=O)CO[C@@H]1C[C@@H]2O. The highest BCUT2D eigenvalue weighted by Gasteiger charge is 2.78. The number of hydrogen-bond donors (Lipinski definition) is 7. The summed E-state index contributed by atoms with van der Waals surface area (Å²) in [6, 6.07) is 28.2. The molecule has 4 aliphatic rings. The number of nitrogens with one attached hydrogen (secondary N) is 4. The number of carbonyl (C=O) groups excluding carboxylic acids is 10. The van der Waals surface area contributed by atoms with Crippen LogP contribution in [0.5, 0.6) is 0 Å². The minimum atomic E-state index is -2.57. The fourth-order valence-corrected chi connectivity index (χ4v) is 13.0. The van der Waals surface area contributed by atoms with E-state index in [1.165, 1.54) is 64.1 Å². The Kier molecular flexibility index (Phi) is 20.4. The van der Waals surface area contributed by atoms with E-state index in [9.17, 15) is 48.6 Å². The van der Waals surface area contributed by atoms with E-state index in [4.69, 9.17) is 34.2 Å². The van der Waals surface area contributed by atoms with Gasteiger partial charge in [-0.25, -0.2) is 9.59 Å². The van der Waals surface area contributed by atoms with E-state index in [-0.39, 0.29) is 53.0 Å². The molecule has 13 atom stereocenters. The maximum absolute atomic E-state index is 15.9. The molecule has 1 heterocycles. The number of ether oxygens (including phenoxy) is 6. The smallest absolute Gasteiger partial charge is 0.350 e. The molecular formula is C66H77N5O18. The highest BCUT2D eigenvalue weighted by atomic mass is 16.6. The Hall–Kier alpha value is -8.64.